The summed E-state index contributed by atoms with van der Waals surface area (Å²) in [5.41, 5.74) is 12.9. The lowest BCUT2D eigenvalue weighted by molar-refractivity contribution is 0.450. The first-order chi connectivity index (χ1) is 45.2. The van der Waals surface area contributed by atoms with Crippen LogP contribution in [0.2, 0.25) is 0 Å². The van der Waals surface area contributed by atoms with Gasteiger partial charge in [-0.2, -0.15) is 0 Å². The Morgan fingerprint density at radius 3 is 0.949 bits per heavy atom. The molecule has 10 aromatic carbocycles. The van der Waals surface area contributed by atoms with E-state index in [1.165, 1.54) is 71.0 Å². The molecule has 10 aromatic rings. The van der Waals surface area contributed by atoms with Gasteiger partial charge in [-0.05, 0) is 182 Å². The Morgan fingerprint density at radius 1 is 0.273 bits per heavy atom. The molecule has 5 atom stereocenters. The van der Waals surface area contributed by atoms with Crippen LogP contribution in [0, 0.1) is 34.6 Å². The highest BCUT2D eigenvalue weighted by molar-refractivity contribution is 7.57. The van der Waals surface area contributed by atoms with Crippen LogP contribution in [0.15, 0.2) is 206 Å². The van der Waals surface area contributed by atoms with E-state index in [2.05, 4.69) is 183 Å². The molecule has 0 bridgehead atoms. The normalized spacial score (nSPS) is 10.9. The first kappa shape index (κ1) is 91.6. The second-order valence-electron chi connectivity index (χ2n) is 24.0. The summed E-state index contributed by atoms with van der Waals surface area (Å²) in [4.78, 5) is 0. The van der Waals surface area contributed by atoms with Crippen molar-refractivity contribution >= 4 is 158 Å². The van der Waals surface area contributed by atoms with Gasteiger partial charge in [0.15, 0.2) is 0 Å². The van der Waals surface area contributed by atoms with Gasteiger partial charge in [0.1, 0.15) is 28.7 Å². The first-order valence-electron chi connectivity index (χ1n) is 31.7. The molecule has 10 rings (SSSR count). The molecular formula is C79H103Cl5N5O5P5. The number of hydrogen-bond donors (Lipinski definition) is 10. The van der Waals surface area contributed by atoms with Crippen molar-refractivity contribution in [1.82, 2.24) is 26.6 Å². The Hall–Kier alpha value is -5.40. The van der Waals surface area contributed by atoms with Crippen LogP contribution in [-0.4, -0.2) is 60.8 Å². The highest BCUT2D eigenvalue weighted by Crippen LogP contribution is 2.34. The number of aryl methyl sites for hydroxylation is 5. The minimum Gasteiger partial charge on any atom is -0.507 e. The van der Waals surface area contributed by atoms with Crippen LogP contribution in [0.3, 0.4) is 0 Å². The van der Waals surface area contributed by atoms with Crippen LogP contribution in [0.5, 0.6) is 28.7 Å². The minimum absolute atomic E-state index is 0. The second-order valence-corrected chi connectivity index (χ2v) is 30.6. The zero-order chi connectivity index (χ0) is 68.2. The third-order valence-electron chi connectivity index (χ3n) is 15.1. The van der Waals surface area contributed by atoms with E-state index in [9.17, 15) is 25.5 Å². The van der Waals surface area contributed by atoms with Crippen molar-refractivity contribution in [3.8, 4) is 28.7 Å². The van der Waals surface area contributed by atoms with Gasteiger partial charge in [-0.25, -0.2) is 0 Å². The number of rotatable bonds is 20. The van der Waals surface area contributed by atoms with Gasteiger partial charge in [0.2, 0.25) is 0 Å². The van der Waals surface area contributed by atoms with Gasteiger partial charge in [-0.1, -0.05) is 245 Å². The molecule has 0 fully saturated rings. The number of phenols is 5. The van der Waals surface area contributed by atoms with Crippen molar-refractivity contribution in [3.63, 3.8) is 0 Å². The van der Waals surface area contributed by atoms with Gasteiger partial charge in [-0.3, -0.25) is 0 Å². The second kappa shape index (κ2) is 47.7. The lowest BCUT2D eigenvalue weighted by Gasteiger charge is -2.23. The van der Waals surface area contributed by atoms with Crippen molar-refractivity contribution in [3.05, 3.63) is 267 Å². The summed E-state index contributed by atoms with van der Waals surface area (Å²) < 4.78 is 0. The van der Waals surface area contributed by atoms with Gasteiger partial charge < -0.3 is 52.1 Å². The Morgan fingerprint density at radius 2 is 0.566 bits per heavy atom. The molecular weight excluding hydrogens is 1430 g/mol. The topological polar surface area (TPSA) is 161 Å². The average molecular weight is 1530 g/mol. The number of phenolic OH excluding ortho intramolecular Hbond substituents is 5. The monoisotopic (exact) mass is 1530 g/mol. The van der Waals surface area contributed by atoms with Gasteiger partial charge in [0, 0.05) is 64.8 Å². The molecule has 0 amide bonds. The molecule has 0 aromatic heterocycles. The number of para-hydroxylation sites is 2. The van der Waals surface area contributed by atoms with Crippen molar-refractivity contribution in [2.45, 2.75) is 93.5 Å². The van der Waals surface area contributed by atoms with Crippen LogP contribution in [0.1, 0.15) is 82.0 Å². The quantitative estimate of drug-likeness (QED) is 0.0333. The molecule has 20 heteroatoms. The summed E-state index contributed by atoms with van der Waals surface area (Å²) in [6, 6.07) is 69.4. The minimum atomic E-state index is -0.0557. The van der Waals surface area contributed by atoms with E-state index in [-0.39, 0.29) is 67.5 Å². The molecule has 0 saturated carbocycles. The summed E-state index contributed by atoms with van der Waals surface area (Å²) in [6.07, 6.45) is 0. The SMILES string of the molecule is CNCc1ccccc1Pc1cc(C)cc(C(C)(C)C)c1O.CNCc1ccccc1Pc1cc(C)cc(C)c1O.CNCc1ccccc1Pc1cc(C)ccc1O.CNCc1ccccc1Pc1cccc(C)c1O.CNCc1ccccc1Pc1ccccc1O.Cl.Cl.Cl.Cl.Cl. The van der Waals surface area contributed by atoms with E-state index >= 15 is 0 Å². The molecule has 0 spiro atoms. The third-order valence-corrected chi connectivity index (χ3v) is 22.2. The largest absolute Gasteiger partial charge is 0.507 e. The summed E-state index contributed by atoms with van der Waals surface area (Å²) in [7, 11) is 12.2. The molecule has 534 valence electrons. The van der Waals surface area contributed by atoms with E-state index in [0.717, 1.165) is 75.9 Å². The summed E-state index contributed by atoms with van der Waals surface area (Å²) in [6.45, 7) is 20.8. The Kier molecular flexibility index (Phi) is 44.2. The lowest BCUT2D eigenvalue weighted by Crippen LogP contribution is -2.18. The molecule has 0 heterocycles. The van der Waals surface area contributed by atoms with E-state index in [1.807, 2.05) is 129 Å². The molecule has 5 unspecified atom stereocenters. The average Bonchev–Trinajstić information content (AvgIpc) is 0.802. The summed E-state index contributed by atoms with van der Waals surface area (Å²) >= 11 is 0. The molecule has 99 heavy (non-hydrogen) atoms. The van der Waals surface area contributed by atoms with E-state index in [4.69, 9.17) is 0 Å². The molecule has 10 N–H and O–H groups in total. The van der Waals surface area contributed by atoms with Crippen LogP contribution in [-0.2, 0) is 38.1 Å². The summed E-state index contributed by atoms with van der Waals surface area (Å²) in [5.74, 6) is 2.08. The number of nitrogens with one attached hydrogen (secondary N) is 5. The fourth-order valence-corrected chi connectivity index (χ4v) is 16.8. The predicted octanol–water partition coefficient (Wildman–Crippen LogP) is 13.7. The number of halogens is 5. The van der Waals surface area contributed by atoms with Crippen molar-refractivity contribution in [2.75, 3.05) is 35.2 Å². The van der Waals surface area contributed by atoms with Gasteiger partial charge in [0.25, 0.3) is 0 Å². The smallest absolute Gasteiger partial charge is 0.127 e. The standard InChI is InChI=1S/C19H26NOP.C16H20NOP.2C15H18NOP.C14H16NOP.5ClH/c1-13-10-15(19(2,3)4)18(21)17(11-13)22-16-9-7-6-8-14(16)12-20-5;1-11-8-12(2)16(18)15(9-11)19-14-7-5-4-6-13(14)10-17-3;1-11-6-5-9-14(15(11)17)18-13-8-4-3-7-12(13)10-16-2;1-11-7-8-13(17)15(9-11)18-14-6-4-3-5-12(14)10-16-2;1-15-10-11-6-2-4-8-13(11)17-14-9-5-3-7-12(14)16;;;;;/h6-11,20-22H,12H2,1-5H3;4-9,17-19H,10H2,1-3H3;2*3-9,16-18H,10H2,1-2H3;2-9,15-17H,10H2,1H3;5*1H. The number of aromatic hydroxyl groups is 5. The van der Waals surface area contributed by atoms with Crippen LogP contribution < -0.4 is 79.6 Å². The highest BCUT2D eigenvalue weighted by Gasteiger charge is 2.22. The van der Waals surface area contributed by atoms with E-state index in [0.29, 0.717) is 71.7 Å². The fraction of sp³-hybridized carbons (Fsp3) is 0.241. The van der Waals surface area contributed by atoms with E-state index in [1.54, 1.807) is 12.1 Å². The van der Waals surface area contributed by atoms with Crippen LogP contribution in [0.25, 0.3) is 0 Å². The molecule has 0 radical (unpaired) electrons. The molecule has 10 nitrogen and oxygen atoms in total. The van der Waals surface area contributed by atoms with Gasteiger partial charge in [0.05, 0.1) is 0 Å². The maximum absolute atomic E-state index is 10.7. The molecule has 0 aliphatic carbocycles. The highest BCUT2D eigenvalue weighted by atomic mass is 35.5. The van der Waals surface area contributed by atoms with Crippen LogP contribution >= 0.6 is 105 Å². The Balaban J connectivity index is 0.000000612. The van der Waals surface area contributed by atoms with Crippen molar-refractivity contribution in [1.29, 1.82) is 0 Å². The van der Waals surface area contributed by atoms with Crippen molar-refractivity contribution in [2.24, 2.45) is 0 Å². The zero-order valence-electron chi connectivity index (χ0n) is 58.9. The lowest BCUT2D eigenvalue weighted by atomic mass is 9.85. The fourth-order valence-electron chi connectivity index (χ4n) is 10.2. The Bertz CT molecular complexity index is 3990. The summed E-state index contributed by atoms with van der Waals surface area (Å²) in [5, 5.41) is 78.1. The Labute approximate surface area is 630 Å². The maximum atomic E-state index is 10.7. The maximum Gasteiger partial charge on any atom is 0.127 e. The molecule has 0 aliphatic heterocycles. The third kappa shape index (κ3) is 29.5. The molecule has 0 saturated heterocycles. The predicted molar refractivity (Wildman–Crippen MR) is 453 cm³/mol. The zero-order valence-corrected chi connectivity index (χ0v) is 68.0. The van der Waals surface area contributed by atoms with Crippen LogP contribution in [0.4, 0.5) is 0 Å². The van der Waals surface area contributed by atoms with E-state index < -0.39 is 0 Å². The van der Waals surface area contributed by atoms with Crippen molar-refractivity contribution < 1.29 is 25.5 Å². The number of benzene rings is 10. The number of hydrogen-bond acceptors (Lipinski definition) is 10. The van der Waals surface area contributed by atoms with Gasteiger partial charge in [-0.15, -0.1) is 62.0 Å². The van der Waals surface area contributed by atoms with Gasteiger partial charge >= 0.3 is 0 Å². The first-order valence-corrected chi connectivity index (χ1v) is 36.7. The molecule has 0 aliphatic rings.